The van der Waals surface area contributed by atoms with Crippen molar-refractivity contribution < 1.29 is 38.5 Å². The molecule has 58 heavy (non-hydrogen) atoms. The van der Waals surface area contributed by atoms with Gasteiger partial charge in [-0.15, -0.1) is 11.3 Å². The van der Waals surface area contributed by atoms with Gasteiger partial charge in [-0.3, -0.25) is 24.0 Å². The first-order chi connectivity index (χ1) is 27.5. The molecule has 1 aliphatic heterocycles. The first kappa shape index (κ1) is 41.9. The van der Waals surface area contributed by atoms with Gasteiger partial charge in [-0.05, 0) is 66.9 Å². The number of halogens is 1. The molecule has 1 N–H and O–H groups in total. The van der Waals surface area contributed by atoms with Gasteiger partial charge >= 0.3 is 18.7 Å². The van der Waals surface area contributed by atoms with E-state index in [0.29, 0.717) is 58.6 Å². The van der Waals surface area contributed by atoms with Crippen molar-refractivity contribution >= 4 is 57.5 Å². The van der Waals surface area contributed by atoms with Crippen molar-refractivity contribution in [3.8, 4) is 22.9 Å². The third kappa shape index (κ3) is 8.69. The predicted molar refractivity (Wildman–Crippen MR) is 219 cm³/mol. The van der Waals surface area contributed by atoms with Crippen molar-refractivity contribution in [3.63, 3.8) is 0 Å². The maximum atomic E-state index is 14.8. The predicted octanol–water partition coefficient (Wildman–Crippen LogP) is 8.67. The summed E-state index contributed by atoms with van der Waals surface area (Å²) in [6.45, 7) is 18.9. The zero-order valence-corrected chi connectivity index (χ0v) is 35.7. The summed E-state index contributed by atoms with van der Waals surface area (Å²) in [6, 6.07) is 4.22. The molecule has 310 valence electrons. The Balaban J connectivity index is 1.21. The second-order valence-electron chi connectivity index (χ2n) is 18.3. The van der Waals surface area contributed by atoms with Crippen LogP contribution in [-0.4, -0.2) is 75.1 Å². The van der Waals surface area contributed by atoms with E-state index in [4.69, 9.17) is 42.4 Å². The average molecular weight is 833 g/mol. The minimum absolute atomic E-state index is 0.0362. The number of Topliss-reactive ketones (excluding diaryl/α,β-unsaturated/α-hetero) is 1. The van der Waals surface area contributed by atoms with Gasteiger partial charge in [0.25, 0.3) is 0 Å². The molecule has 3 aromatic rings. The van der Waals surface area contributed by atoms with Crippen LogP contribution in [0.25, 0.3) is 27.1 Å². The Hall–Kier alpha value is -4.28. The molecule has 3 heterocycles. The van der Waals surface area contributed by atoms with Crippen LogP contribution < -0.4 is 9.47 Å². The van der Waals surface area contributed by atoms with E-state index in [1.165, 1.54) is 22.7 Å². The van der Waals surface area contributed by atoms with Crippen LogP contribution >= 0.6 is 22.9 Å². The van der Waals surface area contributed by atoms with Gasteiger partial charge in [0.15, 0.2) is 5.78 Å². The number of aliphatic carboxylic acids is 1. The highest BCUT2D eigenvalue weighted by Gasteiger charge is 2.61. The van der Waals surface area contributed by atoms with Gasteiger partial charge in [-0.2, -0.15) is 0 Å². The van der Waals surface area contributed by atoms with Crippen LogP contribution in [0.15, 0.2) is 23.6 Å². The fourth-order valence-corrected chi connectivity index (χ4v) is 10.4. The second kappa shape index (κ2) is 16.4. The number of aromatic nitrogens is 2. The molecule has 4 fully saturated rings. The number of likely N-dealkylation sites (tertiary alicyclic amines) is 1. The molecule has 8 atom stereocenters. The molecule has 7 rings (SSSR count). The summed E-state index contributed by atoms with van der Waals surface area (Å²) in [5, 5.41) is 13.9. The van der Waals surface area contributed by atoms with Crippen LogP contribution in [0, 0.1) is 47.0 Å². The van der Waals surface area contributed by atoms with Crippen LogP contribution in [0.1, 0.15) is 97.9 Å². The number of benzene rings is 1. The molecule has 0 spiro atoms. The number of nitrogens with zero attached hydrogens (tertiary/aromatic N) is 4. The maximum absolute atomic E-state index is 14.8. The largest absolute Gasteiger partial charge is 0.488 e. The lowest BCUT2D eigenvalue weighted by Gasteiger charge is -2.35. The van der Waals surface area contributed by atoms with Crippen molar-refractivity contribution in [3.05, 3.63) is 45.0 Å². The molecule has 0 radical (unpaired) electrons. The molecule has 3 saturated carbocycles. The number of carbonyl (C=O) groups excluding carboxylic acids is 3. The van der Waals surface area contributed by atoms with Crippen LogP contribution in [0.3, 0.4) is 0 Å². The van der Waals surface area contributed by atoms with Crippen molar-refractivity contribution in [2.45, 2.75) is 118 Å². The number of carboxylic acids is 1. The molecule has 12 nitrogen and oxygen atoms in total. The van der Waals surface area contributed by atoms with Gasteiger partial charge in [0.1, 0.15) is 28.7 Å². The minimum atomic E-state index is -1.16. The number of rotatable bonds is 16. The molecule has 1 aromatic carbocycles. The third-order valence-corrected chi connectivity index (χ3v) is 13.8. The highest BCUT2D eigenvalue weighted by molar-refractivity contribution is 7.09. The standard InChI is InChI=1S/C44H53ClN4O8S/c1-8-26-18-44(26,42(53)54)19-34(50)33-15-28(20-49(33)41(52)30(43(4,5)6)16-38(51)57-27-13-24-12-25(24)14-27)56-36-17-31(32-21-58-37(47-32)11-23(2)3)48-40-29(36)9-10-35(39(40)45)55-22-46-7/h9-10,17,21,23-28,30,33H,8,11-16,18-20,22H2,1-6H3,(H,53,54)/t24-,25+,26-,27?,28+,30-,33+,44+/m1/s1. The van der Waals surface area contributed by atoms with Crippen LogP contribution in [0.2, 0.25) is 5.02 Å². The molecule has 0 bridgehead atoms. The van der Waals surface area contributed by atoms with E-state index in [9.17, 15) is 24.3 Å². The Morgan fingerprint density at radius 3 is 2.45 bits per heavy atom. The Kier molecular flexibility index (Phi) is 11.8. The van der Waals surface area contributed by atoms with Gasteiger partial charge in [-0.1, -0.05) is 59.6 Å². The van der Waals surface area contributed by atoms with E-state index < -0.39 is 40.8 Å². The molecule has 1 unspecified atom stereocenters. The maximum Gasteiger partial charge on any atom is 0.357 e. The number of ether oxygens (including phenoxy) is 3. The van der Waals surface area contributed by atoms with Crippen molar-refractivity contribution in [2.75, 3.05) is 13.3 Å². The molecular weight excluding hydrogens is 780 g/mol. The summed E-state index contributed by atoms with van der Waals surface area (Å²) in [4.78, 5) is 69.6. The highest BCUT2D eigenvalue weighted by atomic mass is 35.5. The number of ketones is 1. The Morgan fingerprint density at radius 2 is 1.81 bits per heavy atom. The van der Waals surface area contributed by atoms with E-state index in [2.05, 4.69) is 18.7 Å². The Morgan fingerprint density at radius 1 is 1.07 bits per heavy atom. The lowest BCUT2D eigenvalue weighted by atomic mass is 9.77. The van der Waals surface area contributed by atoms with Crippen LogP contribution in [-0.2, 0) is 30.3 Å². The van der Waals surface area contributed by atoms with Gasteiger partial charge in [0.05, 0.1) is 52.3 Å². The molecule has 2 aromatic heterocycles. The Labute approximate surface area is 348 Å². The molecule has 3 aliphatic carbocycles. The summed E-state index contributed by atoms with van der Waals surface area (Å²) in [7, 11) is 0. The fourth-order valence-electron chi connectivity index (χ4n) is 9.15. The summed E-state index contributed by atoms with van der Waals surface area (Å²) < 4.78 is 18.3. The molecule has 1 amide bonds. The van der Waals surface area contributed by atoms with E-state index in [1.807, 2.05) is 33.1 Å². The fraction of sp³-hybridized carbons (Fsp3) is 0.614. The summed E-state index contributed by atoms with van der Waals surface area (Å²) in [5.74, 6) is -0.664. The number of esters is 1. The number of carbonyl (C=O) groups is 4. The molecule has 4 aliphatic rings. The van der Waals surface area contributed by atoms with E-state index in [-0.39, 0.29) is 67.0 Å². The first-order valence-electron chi connectivity index (χ1n) is 20.5. The molecular formula is C44H53ClN4O8S. The smallest absolute Gasteiger partial charge is 0.357 e. The number of hydrogen-bond donors (Lipinski definition) is 1. The topological polar surface area (TPSA) is 150 Å². The second-order valence-corrected chi connectivity index (χ2v) is 19.6. The lowest BCUT2D eigenvalue weighted by Crippen LogP contribution is -2.48. The van der Waals surface area contributed by atoms with Crippen LogP contribution in [0.5, 0.6) is 11.5 Å². The average Bonchev–Trinajstić information content (AvgIpc) is 3.83. The van der Waals surface area contributed by atoms with Crippen molar-refractivity contribution in [2.24, 2.45) is 40.4 Å². The van der Waals surface area contributed by atoms with E-state index >= 15 is 0 Å². The van der Waals surface area contributed by atoms with Gasteiger partial charge in [0, 0.05) is 36.1 Å². The normalized spacial score (nSPS) is 26.6. The van der Waals surface area contributed by atoms with Gasteiger partial charge in [0.2, 0.25) is 5.91 Å². The number of carboxylic acid groups (broad SMARTS) is 1. The minimum Gasteiger partial charge on any atom is -0.488 e. The van der Waals surface area contributed by atoms with Crippen LogP contribution in [0.4, 0.5) is 0 Å². The number of thiazole rings is 1. The van der Waals surface area contributed by atoms with Crippen molar-refractivity contribution in [1.82, 2.24) is 14.9 Å². The lowest BCUT2D eigenvalue weighted by molar-refractivity contribution is -0.157. The number of amides is 1. The zero-order valence-electron chi connectivity index (χ0n) is 34.1. The summed E-state index contributed by atoms with van der Waals surface area (Å²) >= 11 is 8.42. The Bertz CT molecular complexity index is 2130. The summed E-state index contributed by atoms with van der Waals surface area (Å²) in [6.07, 6.45) is 3.77. The number of hydrogen-bond acceptors (Lipinski definition) is 10. The quantitative estimate of drug-likeness (QED) is 0.110. The SMILES string of the molecule is [C-]#[N+]COc1ccc2c(O[C@H]3C[C@@H](C(=O)C[C@@]4(C(=O)O)C[C@H]4CC)N(C(=O)[C@@H](CC(=O)OC4C[C@@H]5C[C@@H]5C4)C(C)(C)C)C3)cc(-c3csc(CC(C)C)n3)nc2c1Cl. The zero-order chi connectivity index (χ0) is 41.7. The molecule has 14 heteroatoms. The highest BCUT2D eigenvalue weighted by Crippen LogP contribution is 2.58. The number of fused-ring (bicyclic) bond motifs is 2. The monoisotopic (exact) mass is 832 g/mol. The third-order valence-electron chi connectivity index (χ3n) is 12.6. The summed E-state index contributed by atoms with van der Waals surface area (Å²) in [5.41, 5.74) is -0.298. The van der Waals surface area contributed by atoms with Gasteiger partial charge in [-0.25, -0.2) is 16.5 Å². The van der Waals surface area contributed by atoms with Crippen molar-refractivity contribution in [1.29, 1.82) is 0 Å². The van der Waals surface area contributed by atoms with Gasteiger partial charge < -0.3 is 24.2 Å². The number of pyridine rings is 1. The van der Waals surface area contributed by atoms with E-state index in [0.717, 1.165) is 24.3 Å². The van der Waals surface area contributed by atoms with E-state index in [1.54, 1.807) is 18.2 Å². The first-order valence-corrected chi connectivity index (χ1v) is 21.7. The molecule has 1 saturated heterocycles.